The quantitative estimate of drug-likeness (QED) is 0.407. The van der Waals surface area contributed by atoms with E-state index in [9.17, 15) is 0 Å². The first kappa shape index (κ1) is 15.4. The molecule has 0 atom stereocenters. The minimum Gasteiger partial charge on any atom is -0.107 e. The lowest BCUT2D eigenvalue weighted by Gasteiger charge is -2.03. The van der Waals surface area contributed by atoms with Crippen LogP contribution in [0.3, 0.4) is 0 Å². The van der Waals surface area contributed by atoms with Crippen molar-refractivity contribution in [3.8, 4) is 11.1 Å². The van der Waals surface area contributed by atoms with Crippen LogP contribution in [0.5, 0.6) is 0 Å². The summed E-state index contributed by atoms with van der Waals surface area (Å²) in [5.41, 5.74) is 2.55. The Morgan fingerprint density at radius 2 is 1.06 bits per heavy atom. The molecule has 0 N–H and O–H groups in total. The van der Waals surface area contributed by atoms with Crippen LogP contribution >= 0.6 is 48.0 Å². The first-order valence-electron chi connectivity index (χ1n) is 5.48. The summed E-state index contributed by atoms with van der Waals surface area (Å²) < 4.78 is 0. The van der Waals surface area contributed by atoms with E-state index in [2.05, 4.69) is 66.7 Å². The first-order valence-corrected chi connectivity index (χ1v) is 5.48. The van der Waals surface area contributed by atoms with Crippen LogP contribution in [0, 0.1) is 0 Å². The molecule has 0 unspecified atom stereocenters. The summed E-state index contributed by atoms with van der Waals surface area (Å²) in [6, 6.07) is 25.5. The van der Waals surface area contributed by atoms with Crippen LogP contribution in [0.1, 0.15) is 0 Å². The summed E-state index contributed by atoms with van der Waals surface area (Å²) in [6.07, 6.45) is 0. The number of fused-ring (bicyclic) bond motifs is 1. The number of rotatable bonds is 1. The topological polar surface area (TPSA) is 0 Å². The summed E-state index contributed by atoms with van der Waals surface area (Å²) in [4.78, 5) is 0. The smallest absolute Gasteiger partial charge is 0.0178 e. The Bertz CT molecular complexity index is 618. The molecule has 3 aromatic rings. The highest BCUT2D eigenvalue weighted by atomic mass is 127. The van der Waals surface area contributed by atoms with Crippen molar-refractivity contribution in [3.05, 3.63) is 72.8 Å². The first-order chi connectivity index (χ1) is 7.93. The zero-order valence-electron chi connectivity index (χ0n) is 9.74. The van der Waals surface area contributed by atoms with E-state index in [0.29, 0.717) is 0 Å². The average Bonchev–Trinajstić information content (AvgIpc) is 2.39. The van der Waals surface area contributed by atoms with E-state index in [4.69, 9.17) is 0 Å². The number of benzene rings is 3. The van der Waals surface area contributed by atoms with Crippen molar-refractivity contribution in [2.24, 2.45) is 0 Å². The molecule has 0 aliphatic carbocycles. The van der Waals surface area contributed by atoms with Crippen LogP contribution in [-0.4, -0.2) is 0 Å². The third kappa shape index (κ3) is 3.23. The molecule has 0 saturated carbocycles. The van der Waals surface area contributed by atoms with Gasteiger partial charge in [0, 0.05) is 0 Å². The van der Waals surface area contributed by atoms with Gasteiger partial charge in [-0.05, 0) is 28.0 Å². The Labute approximate surface area is 141 Å². The lowest BCUT2D eigenvalue weighted by atomic mass is 10.0. The molecular weight excluding hydrogens is 446 g/mol. The van der Waals surface area contributed by atoms with Gasteiger partial charge in [-0.2, -0.15) is 0 Å². The highest BCUT2D eigenvalue weighted by molar-refractivity contribution is 14.0. The van der Waals surface area contributed by atoms with Gasteiger partial charge in [0.2, 0.25) is 0 Å². The van der Waals surface area contributed by atoms with E-state index >= 15 is 0 Å². The summed E-state index contributed by atoms with van der Waals surface area (Å²) in [5, 5.41) is 2.59. The van der Waals surface area contributed by atoms with E-state index < -0.39 is 0 Å². The molecule has 3 rings (SSSR count). The van der Waals surface area contributed by atoms with E-state index in [1.165, 1.54) is 21.9 Å². The van der Waals surface area contributed by atoms with E-state index in [1.807, 2.05) is 6.07 Å². The monoisotopic (exact) mass is 460 g/mol. The van der Waals surface area contributed by atoms with E-state index in [0.717, 1.165) is 0 Å². The summed E-state index contributed by atoms with van der Waals surface area (Å²) in [5.74, 6) is 0. The molecule has 0 bridgehead atoms. The van der Waals surface area contributed by atoms with Gasteiger partial charge >= 0.3 is 0 Å². The molecule has 0 aliphatic heterocycles. The predicted octanol–water partition coefficient (Wildman–Crippen LogP) is 5.74. The van der Waals surface area contributed by atoms with Gasteiger partial charge in [-0.3, -0.25) is 0 Å². The maximum absolute atomic E-state index is 2.24. The Hall–Kier alpha value is -0.620. The second-order valence-electron chi connectivity index (χ2n) is 3.93. The molecule has 3 aromatic carbocycles. The number of hydrogen-bond donors (Lipinski definition) is 0. The zero-order chi connectivity index (χ0) is 10.8. The van der Waals surface area contributed by atoms with Gasteiger partial charge in [0.1, 0.15) is 0 Å². The van der Waals surface area contributed by atoms with Crippen molar-refractivity contribution >= 4 is 58.7 Å². The van der Waals surface area contributed by atoms with Crippen LogP contribution in [0.4, 0.5) is 0 Å². The highest BCUT2D eigenvalue weighted by Crippen LogP contribution is 2.23. The zero-order valence-corrected chi connectivity index (χ0v) is 14.4. The van der Waals surface area contributed by atoms with Crippen molar-refractivity contribution < 1.29 is 0 Å². The molecule has 0 fully saturated rings. The van der Waals surface area contributed by atoms with Crippen molar-refractivity contribution in [2.75, 3.05) is 0 Å². The molecule has 0 aliphatic rings. The number of halogens is 2. The van der Waals surface area contributed by atoms with Crippen LogP contribution in [0.2, 0.25) is 0 Å². The standard InChI is InChI=1S/C16H12.2HI/c1-2-6-13(7-3-1)16-11-10-14-8-4-5-9-15(14)12-16;;/h1-12H;2*1H. The highest BCUT2D eigenvalue weighted by Gasteiger charge is 1.97. The molecule has 0 radical (unpaired) electrons. The van der Waals surface area contributed by atoms with Crippen LogP contribution in [0.25, 0.3) is 21.9 Å². The summed E-state index contributed by atoms with van der Waals surface area (Å²) in [6.45, 7) is 0. The van der Waals surface area contributed by atoms with Crippen molar-refractivity contribution in [3.63, 3.8) is 0 Å². The van der Waals surface area contributed by atoms with Gasteiger partial charge in [-0.15, -0.1) is 48.0 Å². The van der Waals surface area contributed by atoms with E-state index in [1.54, 1.807) is 0 Å². The van der Waals surface area contributed by atoms with Gasteiger partial charge in [0.25, 0.3) is 0 Å². The molecule has 0 saturated heterocycles. The predicted molar refractivity (Wildman–Crippen MR) is 100 cm³/mol. The maximum atomic E-state index is 2.24. The largest absolute Gasteiger partial charge is 0.107 e. The summed E-state index contributed by atoms with van der Waals surface area (Å²) >= 11 is 0. The Morgan fingerprint density at radius 3 is 1.78 bits per heavy atom. The minimum absolute atomic E-state index is 0. The van der Waals surface area contributed by atoms with Gasteiger partial charge < -0.3 is 0 Å². The van der Waals surface area contributed by atoms with Crippen LogP contribution in [0.15, 0.2) is 72.8 Å². The van der Waals surface area contributed by atoms with Crippen molar-refractivity contribution in [1.29, 1.82) is 0 Å². The second-order valence-corrected chi connectivity index (χ2v) is 3.93. The molecule has 0 heterocycles. The van der Waals surface area contributed by atoms with Crippen LogP contribution in [-0.2, 0) is 0 Å². The minimum atomic E-state index is 0. The fraction of sp³-hybridized carbons (Fsp3) is 0. The van der Waals surface area contributed by atoms with Gasteiger partial charge in [0.05, 0.1) is 0 Å². The SMILES string of the molecule is I.I.c1ccc(-c2ccc3ccccc3c2)cc1. The van der Waals surface area contributed by atoms with Gasteiger partial charge in [-0.25, -0.2) is 0 Å². The lowest BCUT2D eigenvalue weighted by Crippen LogP contribution is -1.77. The fourth-order valence-electron chi connectivity index (χ4n) is 2.00. The van der Waals surface area contributed by atoms with Crippen molar-refractivity contribution in [2.45, 2.75) is 0 Å². The molecule has 2 heteroatoms. The maximum Gasteiger partial charge on any atom is -0.0178 e. The van der Waals surface area contributed by atoms with Crippen LogP contribution < -0.4 is 0 Å². The molecular formula is C16H14I2. The second kappa shape index (κ2) is 7.09. The molecule has 0 nitrogen and oxygen atoms in total. The molecule has 18 heavy (non-hydrogen) atoms. The fourth-order valence-corrected chi connectivity index (χ4v) is 2.00. The Balaban J connectivity index is 0.000000810. The Kier molecular flexibility index (Phi) is 6.08. The lowest BCUT2D eigenvalue weighted by molar-refractivity contribution is 1.64. The third-order valence-corrected chi connectivity index (χ3v) is 2.86. The Morgan fingerprint density at radius 1 is 0.444 bits per heavy atom. The third-order valence-electron chi connectivity index (χ3n) is 2.86. The van der Waals surface area contributed by atoms with Gasteiger partial charge in [0.15, 0.2) is 0 Å². The molecule has 0 amide bonds. The van der Waals surface area contributed by atoms with E-state index in [-0.39, 0.29) is 48.0 Å². The molecule has 0 spiro atoms. The number of hydrogen-bond acceptors (Lipinski definition) is 0. The summed E-state index contributed by atoms with van der Waals surface area (Å²) in [7, 11) is 0. The van der Waals surface area contributed by atoms with Crippen molar-refractivity contribution in [1.82, 2.24) is 0 Å². The molecule has 92 valence electrons. The normalized spacial score (nSPS) is 9.33. The average molecular weight is 460 g/mol. The molecule has 0 aromatic heterocycles. The van der Waals surface area contributed by atoms with Gasteiger partial charge in [-0.1, -0.05) is 66.7 Å².